The van der Waals surface area contributed by atoms with Gasteiger partial charge in [-0.25, -0.2) is 87.8 Å². The van der Waals surface area contributed by atoms with E-state index < -0.39 is 261 Å². The lowest BCUT2D eigenvalue weighted by molar-refractivity contribution is 0.365. The molecule has 2 unspecified atom stereocenters. The summed E-state index contributed by atoms with van der Waals surface area (Å²) in [6.45, 7) is 7.34. The molecule has 0 aliphatic heterocycles. The van der Waals surface area contributed by atoms with Gasteiger partial charge in [-0.2, -0.15) is 0 Å². The Balaban J connectivity index is 0.000000695. The van der Waals surface area contributed by atoms with E-state index in [9.17, 15) is 133 Å². The van der Waals surface area contributed by atoms with Gasteiger partial charge in [0.15, 0.2) is 75.6 Å². The second-order valence-corrected chi connectivity index (χ2v) is 42.3. The Kier molecular flexibility index (Phi) is 42.9. The molecule has 0 aromatic heterocycles. The van der Waals surface area contributed by atoms with E-state index in [-0.39, 0.29) is 34.1 Å². The zero-order valence-electron chi connectivity index (χ0n) is 62.2. The molecule has 2 atom stereocenters. The van der Waals surface area contributed by atoms with Crippen LogP contribution in [-0.4, -0.2) is 101 Å². The fraction of sp³-hybridized carbons (Fsp3) is 0.169. The van der Waals surface area contributed by atoms with E-state index in [0.717, 1.165) is 43.9 Å². The number of hydrogen-bond donors (Lipinski definition) is 18. The fourth-order valence-electron chi connectivity index (χ4n) is 8.82. The van der Waals surface area contributed by atoms with Crippen molar-refractivity contribution in [3.63, 3.8) is 0 Å². The molecule has 0 spiro atoms. The van der Waals surface area contributed by atoms with Crippen molar-refractivity contribution in [2.75, 3.05) is 13.3 Å². The molecule has 0 saturated carbocycles. The van der Waals surface area contributed by atoms with Crippen LogP contribution in [0, 0.1) is 144 Å². The molecule has 0 amide bonds. The molecule has 28 nitrogen and oxygen atoms in total. The molecule has 0 bridgehead atoms. The average molecular weight is 1980 g/mol. The first kappa shape index (κ1) is 114. The Bertz CT molecular complexity index is 5550. The second kappa shape index (κ2) is 46.2. The fourth-order valence-corrected chi connectivity index (χ4v) is 15.9. The van der Waals surface area contributed by atoms with Crippen molar-refractivity contribution in [1.29, 1.82) is 0 Å². The first-order valence-electron chi connectivity index (χ1n) is 31.6. The van der Waals surface area contributed by atoms with Gasteiger partial charge in [0.1, 0.15) is 51.3 Å². The lowest BCUT2D eigenvalue weighted by Crippen LogP contribution is -2.19. The first-order chi connectivity index (χ1) is 55.2. The minimum absolute atomic E-state index is 0.0356. The molecule has 684 valence electrons. The number of hydrogen-bond acceptors (Lipinski definition) is 10. The van der Waals surface area contributed by atoms with Crippen LogP contribution < -0.4 is 26.5 Å². The van der Waals surface area contributed by atoms with E-state index in [1.54, 1.807) is 26.0 Å². The average Bonchev–Trinajstić information content (AvgIpc) is 0.768. The first-order valence-corrected chi connectivity index (χ1v) is 49.7. The Hall–Kier alpha value is -6.84. The smallest absolute Gasteiger partial charge is 0.344 e. The van der Waals surface area contributed by atoms with E-state index in [2.05, 4.69) is 0 Å². The number of halogens is 20. The molecule has 58 heteroatoms. The predicted molar refractivity (Wildman–Crippen MR) is 401 cm³/mol. The third-order valence-electron chi connectivity index (χ3n) is 13.9. The van der Waals surface area contributed by atoms with Crippen LogP contribution in [0.25, 0.3) is 0 Å². The van der Waals surface area contributed by atoms with Gasteiger partial charge in [-0.05, 0) is 140 Å². The van der Waals surface area contributed by atoms with Gasteiger partial charge in [0.05, 0.1) is 41.4 Å². The molecule has 0 aliphatic carbocycles. The van der Waals surface area contributed by atoms with Gasteiger partial charge >= 0.3 is 60.8 Å². The Labute approximate surface area is 680 Å². The highest BCUT2D eigenvalue weighted by atomic mass is 31.2. The summed E-state index contributed by atoms with van der Waals surface area (Å²) in [6, 6.07) is 20.2. The predicted octanol–water partition coefficient (Wildman–Crippen LogP) is 13.0. The maximum atomic E-state index is 13.5. The zero-order valence-corrected chi connectivity index (χ0v) is 71.2. The molecule has 0 aliphatic rings. The molecule has 123 heavy (non-hydrogen) atoms. The molecule has 0 fully saturated rings. The van der Waals surface area contributed by atoms with Crippen LogP contribution in [0.4, 0.5) is 87.8 Å². The van der Waals surface area contributed by atoms with Crippen molar-refractivity contribution in [2.24, 2.45) is 0 Å². The van der Waals surface area contributed by atoms with Crippen molar-refractivity contribution < 1.29 is 222 Å². The SMILES string of the molecule is CP(=O)(O)Cc1c(F)c(F)c(CP(=O)(O)O)c(F)c1F.CP(=O)(O)c1ccc(F)cc1.Cc1c(F)c(F)c(F)c(F)c1P(=O)(O)O.Cc1cc(CP(=O)(O)O)cc(F)c1F.Cc1cc(F)cc(CP(=O)(O)O)c1.Cc1cccc(F)c1CP(=O)(O)O.O=P(O)(O)c1c(F)cccc1F.O=P(O)(O)c1cc(F)c(F)c(F)c1.O=P(O)(O)c1cc(F)cc(F)c1. The number of aryl methyl sites for hydroxylation is 3. The van der Waals surface area contributed by atoms with Crippen molar-refractivity contribution in [1.82, 2.24) is 0 Å². The van der Waals surface area contributed by atoms with Crippen LogP contribution in [0.1, 0.15) is 50.1 Å². The highest BCUT2D eigenvalue weighted by Crippen LogP contribution is 2.47. The highest BCUT2D eigenvalue weighted by molar-refractivity contribution is 7.65. The largest absolute Gasteiger partial charge is 0.362 e. The summed E-state index contributed by atoms with van der Waals surface area (Å²) in [4.78, 5) is 155. The normalized spacial score (nSPS) is 12.7. The Morgan fingerprint density at radius 2 is 0.602 bits per heavy atom. The van der Waals surface area contributed by atoms with E-state index >= 15 is 0 Å². The lowest BCUT2D eigenvalue weighted by atomic mass is 10.1. The third-order valence-corrected chi connectivity index (χ3v) is 23.1. The van der Waals surface area contributed by atoms with Gasteiger partial charge in [0.2, 0.25) is 14.7 Å². The van der Waals surface area contributed by atoms with Crippen LogP contribution in [-0.2, 0) is 76.5 Å². The van der Waals surface area contributed by atoms with Gasteiger partial charge in [0.25, 0.3) is 0 Å². The topological polar surface area (TPSA) is 535 Å². The summed E-state index contributed by atoms with van der Waals surface area (Å²) in [5.41, 5.74) is -1.90. The molecule has 9 aromatic rings. The Morgan fingerprint density at radius 1 is 0.252 bits per heavy atom. The maximum absolute atomic E-state index is 13.5. The molecule has 9 aromatic carbocycles. The Morgan fingerprint density at radius 3 is 0.951 bits per heavy atom. The van der Waals surface area contributed by atoms with Gasteiger partial charge < -0.3 is 88.1 Å². The van der Waals surface area contributed by atoms with Crippen molar-refractivity contribution in [2.45, 2.75) is 58.5 Å². The van der Waals surface area contributed by atoms with Crippen molar-refractivity contribution in [3.8, 4) is 0 Å². The molecule has 0 heterocycles. The van der Waals surface area contributed by atoms with Crippen molar-refractivity contribution >= 4 is 102 Å². The monoisotopic (exact) mass is 1980 g/mol. The molecule has 18 N–H and O–H groups in total. The van der Waals surface area contributed by atoms with Crippen LogP contribution in [0.3, 0.4) is 0 Å². The standard InChI is InChI=1S/C9H10F4O5P2.C8H9F2O3P.2C8H10FO3P.C7H5F4O3P.C7H8FO2P.C6H4F3O3P.2C6H5F2O3P/c1-19(14,15)2-4-6(10)8(12)5(3-20(16,17)18)9(13)7(4)11;1-5-2-6(4-14(11,12)13)3-7(9)8(5)10;1-6-2-7(4-8(9)3-6)5-13(10,11)12;1-6-3-2-4-8(9)7(6)5-13(10,11)12;1-2-3(8)4(9)5(10)6(11)7(2)15(12,13)14;1-11(9,10)7-4-2-6(8)3-5-7;7-4-1-3(13(10,11)12)2-5(8)6(4)9;7-4-1-5(8)3-6(2-4)12(9,10)11;7-4-2-1-3-5(8)6(4)12(9,10)11/h2-3H2,1H3,(H,14,15)(H2,16,17,18);2-3H,4H2,1H3,(H2,11,12,13);2*2-4H,5H2,1H3,(H2,10,11,12);1H3,(H2,12,13,14);2-5H,1H3,(H,9,10);1-2H,(H2,10,11,12);2*1-3H,(H2,9,10,11). The lowest BCUT2D eigenvalue weighted by Gasteiger charge is -2.13. The summed E-state index contributed by atoms with van der Waals surface area (Å²) >= 11 is 0. The van der Waals surface area contributed by atoms with Crippen LogP contribution >= 0.6 is 75.5 Å². The number of rotatable bonds is 15. The molecule has 9 rings (SSSR count). The van der Waals surface area contributed by atoms with Gasteiger partial charge in [-0.1, -0.05) is 30.3 Å². The molecular formula is C65H66F20O28P10. The summed E-state index contributed by atoms with van der Waals surface area (Å²) < 4.78 is 363. The highest BCUT2D eigenvalue weighted by Gasteiger charge is 2.35. The molecular weight excluding hydrogens is 1920 g/mol. The zero-order chi connectivity index (χ0) is 96.3. The van der Waals surface area contributed by atoms with Gasteiger partial charge in [-0.15, -0.1) is 0 Å². The molecule has 0 saturated heterocycles. The van der Waals surface area contributed by atoms with E-state index in [4.69, 9.17) is 88.1 Å². The van der Waals surface area contributed by atoms with E-state index in [0.29, 0.717) is 34.9 Å². The third kappa shape index (κ3) is 40.8. The van der Waals surface area contributed by atoms with E-state index in [1.165, 1.54) is 62.1 Å². The van der Waals surface area contributed by atoms with Crippen LogP contribution in [0.5, 0.6) is 0 Å². The quantitative estimate of drug-likeness (QED) is 0.0196. The van der Waals surface area contributed by atoms with Crippen LogP contribution in [0.2, 0.25) is 0 Å². The summed E-state index contributed by atoms with van der Waals surface area (Å²) in [7, 11) is -44.0. The maximum Gasteiger partial charge on any atom is 0.362 e. The van der Waals surface area contributed by atoms with E-state index in [1.807, 2.05) is 0 Å². The summed E-state index contributed by atoms with van der Waals surface area (Å²) in [6.07, 6.45) is -4.20. The van der Waals surface area contributed by atoms with Crippen LogP contribution in [0.15, 0.2) is 121 Å². The molecule has 0 radical (unpaired) electrons. The van der Waals surface area contributed by atoms with Gasteiger partial charge in [-0.3, -0.25) is 45.7 Å². The minimum Gasteiger partial charge on any atom is -0.344 e. The van der Waals surface area contributed by atoms with Gasteiger partial charge in [0, 0.05) is 47.0 Å². The summed E-state index contributed by atoms with van der Waals surface area (Å²) in [5, 5.41) is -3.90. The second-order valence-electron chi connectivity index (χ2n) is 24.8. The number of benzene rings is 9. The van der Waals surface area contributed by atoms with Crippen molar-refractivity contribution in [3.05, 3.63) is 288 Å². The minimum atomic E-state index is -5.19. The summed E-state index contributed by atoms with van der Waals surface area (Å²) in [5.74, 6) is -29.1.